The minimum atomic E-state index is -0.544. The van der Waals surface area contributed by atoms with Crippen LogP contribution in [0.15, 0.2) is 18.2 Å². The molecule has 0 unspecified atom stereocenters. The second-order valence-electron chi connectivity index (χ2n) is 7.22. The van der Waals surface area contributed by atoms with Gasteiger partial charge in [0.25, 0.3) is 0 Å². The zero-order chi connectivity index (χ0) is 18.6. The van der Waals surface area contributed by atoms with Crippen LogP contribution < -0.4 is 5.32 Å². The Hall–Kier alpha value is -1.46. The van der Waals surface area contributed by atoms with Gasteiger partial charge in [0.15, 0.2) is 0 Å². The van der Waals surface area contributed by atoms with E-state index in [1.165, 1.54) is 0 Å². The van der Waals surface area contributed by atoms with Gasteiger partial charge in [0, 0.05) is 29.7 Å². The molecule has 1 fully saturated rings. The molecule has 1 aromatic rings. The van der Waals surface area contributed by atoms with Crippen molar-refractivity contribution in [1.82, 2.24) is 10.2 Å². The minimum Gasteiger partial charge on any atom is -0.444 e. The van der Waals surface area contributed by atoms with E-state index >= 15 is 0 Å². The van der Waals surface area contributed by atoms with Gasteiger partial charge >= 0.3 is 6.09 Å². The topological polar surface area (TPSA) is 58.6 Å². The quantitative estimate of drug-likeness (QED) is 0.843. The van der Waals surface area contributed by atoms with Crippen molar-refractivity contribution < 1.29 is 14.3 Å². The van der Waals surface area contributed by atoms with Gasteiger partial charge in [-0.25, -0.2) is 4.79 Å². The number of hydrogen-bond acceptors (Lipinski definition) is 3. The van der Waals surface area contributed by atoms with E-state index in [0.29, 0.717) is 29.7 Å². The summed E-state index contributed by atoms with van der Waals surface area (Å²) in [4.78, 5) is 26.2. The Kier molecular flexibility index (Phi) is 6.58. The Balaban J connectivity index is 1.89. The van der Waals surface area contributed by atoms with Gasteiger partial charge in [-0.2, -0.15) is 0 Å². The summed E-state index contributed by atoms with van der Waals surface area (Å²) in [5.74, 6) is -0.327. The molecule has 0 aliphatic carbocycles. The number of likely N-dealkylation sites (tertiary alicyclic amines) is 1. The van der Waals surface area contributed by atoms with Crippen molar-refractivity contribution in [2.75, 3.05) is 13.1 Å². The zero-order valence-corrected chi connectivity index (χ0v) is 16.3. The lowest BCUT2D eigenvalue weighted by Crippen LogP contribution is -2.46. The van der Waals surface area contributed by atoms with Gasteiger partial charge in [0.2, 0.25) is 5.91 Å². The number of amides is 2. The molecule has 1 heterocycles. The number of hydrogen-bond donors (Lipinski definition) is 1. The van der Waals surface area contributed by atoms with Crippen molar-refractivity contribution >= 4 is 35.2 Å². The second kappa shape index (κ2) is 8.28. The van der Waals surface area contributed by atoms with Crippen LogP contribution in [-0.4, -0.2) is 35.6 Å². The molecule has 1 N–H and O–H groups in total. The highest BCUT2D eigenvalue weighted by molar-refractivity contribution is 6.35. The summed E-state index contributed by atoms with van der Waals surface area (Å²) in [6, 6.07) is 5.17. The third-order valence-electron chi connectivity index (χ3n) is 3.91. The van der Waals surface area contributed by atoms with Gasteiger partial charge in [-0.3, -0.25) is 4.79 Å². The molecule has 1 saturated heterocycles. The van der Waals surface area contributed by atoms with Crippen LogP contribution in [-0.2, 0) is 16.1 Å². The van der Waals surface area contributed by atoms with Gasteiger partial charge in [0.1, 0.15) is 5.60 Å². The Morgan fingerprint density at radius 1 is 1.32 bits per heavy atom. The van der Waals surface area contributed by atoms with Crippen molar-refractivity contribution in [2.24, 2.45) is 5.92 Å². The molecule has 1 atom stereocenters. The molecular formula is C18H24Cl2N2O3. The summed E-state index contributed by atoms with van der Waals surface area (Å²) in [5.41, 5.74) is 0.261. The third-order valence-corrected chi connectivity index (χ3v) is 4.50. The molecular weight excluding hydrogens is 363 g/mol. The van der Waals surface area contributed by atoms with Crippen molar-refractivity contribution in [2.45, 2.75) is 45.8 Å². The highest BCUT2D eigenvalue weighted by Gasteiger charge is 2.30. The number of benzene rings is 1. The number of ether oxygens (including phenoxy) is 1. The van der Waals surface area contributed by atoms with Crippen LogP contribution in [0.5, 0.6) is 0 Å². The lowest BCUT2D eigenvalue weighted by molar-refractivity contribution is -0.126. The second-order valence-corrected chi connectivity index (χ2v) is 8.06. The number of nitrogens with one attached hydrogen (secondary N) is 1. The summed E-state index contributed by atoms with van der Waals surface area (Å²) in [6.45, 7) is 6.80. The molecule has 7 heteroatoms. The SMILES string of the molecule is CC(C)(C)OC(=O)N1CCC[C@@H](C(=O)NCc2ccc(Cl)cc2Cl)C1. The Labute approximate surface area is 158 Å². The van der Waals surface area contributed by atoms with Gasteiger partial charge in [-0.15, -0.1) is 0 Å². The Morgan fingerprint density at radius 2 is 2.04 bits per heavy atom. The van der Waals surface area contributed by atoms with E-state index < -0.39 is 5.60 Å². The van der Waals surface area contributed by atoms with Gasteiger partial charge in [-0.1, -0.05) is 29.3 Å². The van der Waals surface area contributed by atoms with Gasteiger partial charge < -0.3 is 15.0 Å². The molecule has 138 valence electrons. The van der Waals surface area contributed by atoms with Crippen molar-refractivity contribution in [1.29, 1.82) is 0 Å². The number of carbonyl (C=O) groups excluding carboxylic acids is 2. The summed E-state index contributed by atoms with van der Waals surface area (Å²) in [7, 11) is 0. The largest absolute Gasteiger partial charge is 0.444 e. The fourth-order valence-electron chi connectivity index (χ4n) is 2.68. The standard InChI is InChI=1S/C18H24Cl2N2O3/c1-18(2,3)25-17(24)22-8-4-5-13(11-22)16(23)21-10-12-6-7-14(19)9-15(12)20/h6-7,9,13H,4-5,8,10-11H2,1-3H3,(H,21,23)/t13-/m1/s1. The number of halogens is 2. The molecule has 0 spiro atoms. The molecule has 2 rings (SSSR count). The maximum absolute atomic E-state index is 12.4. The zero-order valence-electron chi connectivity index (χ0n) is 14.8. The first kappa shape index (κ1) is 19.9. The van der Waals surface area contributed by atoms with E-state index in [1.54, 1.807) is 23.1 Å². The van der Waals surface area contributed by atoms with Crippen molar-refractivity contribution in [3.8, 4) is 0 Å². The average Bonchev–Trinajstić information content (AvgIpc) is 2.52. The molecule has 25 heavy (non-hydrogen) atoms. The summed E-state index contributed by atoms with van der Waals surface area (Å²) in [6.07, 6.45) is 1.16. The smallest absolute Gasteiger partial charge is 0.410 e. The van der Waals surface area contributed by atoms with Crippen LogP contribution in [0.25, 0.3) is 0 Å². The maximum Gasteiger partial charge on any atom is 0.410 e. The fourth-order valence-corrected chi connectivity index (χ4v) is 3.15. The number of nitrogens with zero attached hydrogens (tertiary/aromatic N) is 1. The van der Waals surface area contributed by atoms with E-state index in [2.05, 4.69) is 5.32 Å². The lowest BCUT2D eigenvalue weighted by Gasteiger charge is -2.33. The molecule has 0 saturated carbocycles. The van der Waals surface area contributed by atoms with E-state index in [4.69, 9.17) is 27.9 Å². The first-order chi connectivity index (χ1) is 11.7. The molecule has 1 aromatic carbocycles. The maximum atomic E-state index is 12.4. The van der Waals surface area contributed by atoms with Crippen LogP contribution in [0.2, 0.25) is 10.0 Å². The van der Waals surface area contributed by atoms with Crippen LogP contribution in [0.4, 0.5) is 4.79 Å². The molecule has 0 radical (unpaired) electrons. The molecule has 1 aliphatic rings. The van der Waals surface area contributed by atoms with Gasteiger partial charge in [-0.05, 0) is 51.3 Å². The first-order valence-electron chi connectivity index (χ1n) is 8.35. The van der Waals surface area contributed by atoms with E-state index in [1.807, 2.05) is 20.8 Å². The van der Waals surface area contributed by atoms with E-state index in [0.717, 1.165) is 18.4 Å². The molecule has 5 nitrogen and oxygen atoms in total. The van der Waals surface area contributed by atoms with E-state index in [-0.39, 0.29) is 17.9 Å². The Morgan fingerprint density at radius 3 is 2.68 bits per heavy atom. The average molecular weight is 387 g/mol. The number of carbonyl (C=O) groups is 2. The predicted octanol–water partition coefficient (Wildman–Crippen LogP) is 4.26. The highest BCUT2D eigenvalue weighted by Crippen LogP contribution is 2.22. The monoisotopic (exact) mass is 386 g/mol. The predicted molar refractivity (Wildman–Crippen MR) is 98.8 cm³/mol. The van der Waals surface area contributed by atoms with Crippen molar-refractivity contribution in [3.05, 3.63) is 33.8 Å². The number of rotatable bonds is 3. The highest BCUT2D eigenvalue weighted by atomic mass is 35.5. The summed E-state index contributed by atoms with van der Waals surface area (Å²) in [5, 5.41) is 3.97. The molecule has 2 amide bonds. The number of piperidine rings is 1. The molecule has 0 bridgehead atoms. The fraction of sp³-hybridized carbons (Fsp3) is 0.556. The first-order valence-corrected chi connectivity index (χ1v) is 9.11. The van der Waals surface area contributed by atoms with Crippen LogP contribution in [0.1, 0.15) is 39.2 Å². The summed E-state index contributed by atoms with van der Waals surface area (Å²) >= 11 is 12.0. The van der Waals surface area contributed by atoms with E-state index in [9.17, 15) is 9.59 Å². The minimum absolute atomic E-state index is 0.0840. The lowest BCUT2D eigenvalue weighted by atomic mass is 9.97. The van der Waals surface area contributed by atoms with Crippen LogP contribution in [0, 0.1) is 5.92 Å². The Bertz CT molecular complexity index is 644. The molecule has 0 aromatic heterocycles. The van der Waals surface area contributed by atoms with Gasteiger partial charge in [0.05, 0.1) is 5.92 Å². The normalized spacial score (nSPS) is 18.0. The third kappa shape index (κ3) is 6.08. The van der Waals surface area contributed by atoms with Crippen LogP contribution in [0.3, 0.4) is 0 Å². The summed E-state index contributed by atoms with van der Waals surface area (Å²) < 4.78 is 5.39. The molecule has 1 aliphatic heterocycles. The van der Waals surface area contributed by atoms with Crippen molar-refractivity contribution in [3.63, 3.8) is 0 Å². The van der Waals surface area contributed by atoms with Crippen LogP contribution >= 0.6 is 23.2 Å².